The second kappa shape index (κ2) is 5.65. The van der Waals surface area contributed by atoms with Crippen LogP contribution in [0, 0.1) is 17.2 Å². The third kappa shape index (κ3) is 3.20. The van der Waals surface area contributed by atoms with Crippen LogP contribution in [0.4, 0.5) is 0 Å². The van der Waals surface area contributed by atoms with Crippen LogP contribution in [0.5, 0.6) is 0 Å². The first-order valence-corrected chi connectivity index (χ1v) is 6.42. The van der Waals surface area contributed by atoms with Crippen LogP contribution in [0.1, 0.15) is 40.5 Å². The Kier molecular flexibility index (Phi) is 4.76. The highest BCUT2D eigenvalue weighted by atomic mass is 15.2. The molecule has 92 valence electrons. The van der Waals surface area contributed by atoms with Gasteiger partial charge in [0.25, 0.3) is 0 Å². The maximum Gasteiger partial charge on any atom is 0.116 e. The van der Waals surface area contributed by atoms with Gasteiger partial charge in [-0.3, -0.25) is 10.2 Å². The van der Waals surface area contributed by atoms with Gasteiger partial charge in [0, 0.05) is 12.6 Å². The second-order valence-corrected chi connectivity index (χ2v) is 5.30. The summed E-state index contributed by atoms with van der Waals surface area (Å²) in [6.07, 6.45) is 2.58. The maximum absolute atomic E-state index is 9.26. The van der Waals surface area contributed by atoms with Gasteiger partial charge in [-0.05, 0) is 45.7 Å². The van der Waals surface area contributed by atoms with Crippen molar-refractivity contribution >= 4 is 0 Å². The van der Waals surface area contributed by atoms with Crippen molar-refractivity contribution in [1.82, 2.24) is 10.2 Å². The summed E-state index contributed by atoms with van der Waals surface area (Å²) in [6, 6.07) is 3.01. The second-order valence-electron chi connectivity index (χ2n) is 5.30. The Hall–Kier alpha value is -0.590. The normalized spacial score (nSPS) is 30.7. The van der Waals surface area contributed by atoms with Gasteiger partial charge in [0.2, 0.25) is 0 Å². The molecule has 0 amide bonds. The van der Waals surface area contributed by atoms with Crippen molar-refractivity contribution in [3.63, 3.8) is 0 Å². The monoisotopic (exact) mass is 223 g/mol. The first kappa shape index (κ1) is 13.5. The van der Waals surface area contributed by atoms with Crippen molar-refractivity contribution in [3.05, 3.63) is 0 Å². The topological polar surface area (TPSA) is 39.1 Å². The lowest BCUT2D eigenvalue weighted by Gasteiger charge is -2.41. The van der Waals surface area contributed by atoms with Crippen molar-refractivity contribution in [1.29, 1.82) is 5.26 Å². The molecule has 0 saturated carbocycles. The quantitative estimate of drug-likeness (QED) is 0.792. The summed E-state index contributed by atoms with van der Waals surface area (Å²) in [5.41, 5.74) is -0.403. The Bertz CT molecular complexity index is 258. The van der Waals surface area contributed by atoms with E-state index in [2.05, 4.69) is 37.1 Å². The van der Waals surface area contributed by atoms with Crippen molar-refractivity contribution in [2.24, 2.45) is 5.92 Å². The smallest absolute Gasteiger partial charge is 0.116 e. The molecular weight excluding hydrogens is 198 g/mol. The van der Waals surface area contributed by atoms with E-state index in [1.165, 1.54) is 12.8 Å². The van der Waals surface area contributed by atoms with Crippen molar-refractivity contribution in [3.8, 4) is 6.07 Å². The molecule has 3 atom stereocenters. The zero-order valence-corrected chi connectivity index (χ0v) is 11.1. The molecule has 0 spiro atoms. The summed E-state index contributed by atoms with van der Waals surface area (Å²) >= 11 is 0. The van der Waals surface area contributed by atoms with E-state index in [4.69, 9.17) is 0 Å². The van der Waals surface area contributed by atoms with Gasteiger partial charge in [0.15, 0.2) is 0 Å². The average molecular weight is 223 g/mol. The highest BCUT2D eigenvalue weighted by molar-refractivity contribution is 5.06. The van der Waals surface area contributed by atoms with Crippen LogP contribution in [-0.4, -0.2) is 36.1 Å². The number of nitrogens with zero attached hydrogens (tertiary/aromatic N) is 2. The third-order valence-electron chi connectivity index (χ3n) is 3.84. The fourth-order valence-corrected chi connectivity index (χ4v) is 2.57. The van der Waals surface area contributed by atoms with Crippen LogP contribution in [0.2, 0.25) is 0 Å². The number of likely N-dealkylation sites (N-methyl/N-ethyl adjacent to an activating group) is 1. The molecule has 0 aromatic rings. The lowest BCUT2D eigenvalue weighted by atomic mass is 9.90. The fourth-order valence-electron chi connectivity index (χ4n) is 2.57. The van der Waals surface area contributed by atoms with Gasteiger partial charge in [0.05, 0.1) is 6.07 Å². The maximum atomic E-state index is 9.26. The van der Waals surface area contributed by atoms with Crippen molar-refractivity contribution in [2.45, 2.75) is 52.1 Å². The molecule has 16 heavy (non-hydrogen) atoms. The summed E-state index contributed by atoms with van der Waals surface area (Å²) in [6.45, 7) is 11.5. The highest BCUT2D eigenvalue weighted by Gasteiger charge is 2.31. The molecule has 0 aromatic heterocycles. The van der Waals surface area contributed by atoms with Crippen molar-refractivity contribution in [2.75, 3.05) is 19.6 Å². The van der Waals surface area contributed by atoms with E-state index in [0.717, 1.165) is 25.6 Å². The molecule has 3 unspecified atom stereocenters. The number of piperidine rings is 1. The minimum Gasteiger partial charge on any atom is -0.299 e. The largest absolute Gasteiger partial charge is 0.299 e. The molecule has 0 aromatic carbocycles. The summed E-state index contributed by atoms with van der Waals surface area (Å²) in [5, 5.41) is 12.5. The predicted octanol–water partition coefficient (Wildman–Crippen LogP) is 2.00. The summed E-state index contributed by atoms with van der Waals surface area (Å²) < 4.78 is 0. The van der Waals surface area contributed by atoms with E-state index in [1.807, 2.05) is 6.92 Å². The van der Waals surface area contributed by atoms with Gasteiger partial charge in [0.1, 0.15) is 5.54 Å². The minimum absolute atomic E-state index is 0.403. The zero-order valence-electron chi connectivity index (χ0n) is 11.1. The number of hydrogen-bond donors (Lipinski definition) is 1. The molecule has 0 aliphatic carbocycles. The summed E-state index contributed by atoms with van der Waals surface area (Å²) in [4.78, 5) is 2.46. The highest BCUT2D eigenvalue weighted by Crippen LogP contribution is 2.24. The SMILES string of the molecule is CCNC(C)(C#N)CN1CCCC(C)C1C. The number of nitriles is 1. The summed E-state index contributed by atoms with van der Waals surface area (Å²) in [5.74, 6) is 0.748. The number of rotatable bonds is 4. The number of hydrogen-bond acceptors (Lipinski definition) is 3. The van der Waals surface area contributed by atoms with E-state index >= 15 is 0 Å². The van der Waals surface area contributed by atoms with E-state index in [0.29, 0.717) is 6.04 Å². The van der Waals surface area contributed by atoms with E-state index < -0.39 is 5.54 Å². The number of likely N-dealkylation sites (tertiary alicyclic amines) is 1. The number of nitrogens with one attached hydrogen (secondary N) is 1. The molecule has 1 fully saturated rings. The van der Waals surface area contributed by atoms with Gasteiger partial charge >= 0.3 is 0 Å². The predicted molar refractivity (Wildman–Crippen MR) is 67.1 cm³/mol. The lowest BCUT2D eigenvalue weighted by Crippen LogP contribution is -2.54. The molecule has 1 aliphatic rings. The molecule has 1 rings (SSSR count). The van der Waals surface area contributed by atoms with Gasteiger partial charge in [-0.2, -0.15) is 5.26 Å². The van der Waals surface area contributed by atoms with Crippen LogP contribution < -0.4 is 5.32 Å². The molecular formula is C13H25N3. The van der Waals surface area contributed by atoms with Crippen LogP contribution in [0.15, 0.2) is 0 Å². The zero-order chi connectivity index (χ0) is 12.2. The Morgan fingerprint density at radius 2 is 2.19 bits per heavy atom. The fraction of sp³-hybridized carbons (Fsp3) is 0.923. The van der Waals surface area contributed by atoms with Crippen LogP contribution in [0.25, 0.3) is 0 Å². The first-order chi connectivity index (χ1) is 7.52. The molecule has 3 heteroatoms. The van der Waals surface area contributed by atoms with Crippen LogP contribution >= 0.6 is 0 Å². The Balaban J connectivity index is 2.61. The summed E-state index contributed by atoms with van der Waals surface area (Å²) in [7, 11) is 0. The molecule has 3 nitrogen and oxygen atoms in total. The molecule has 0 bridgehead atoms. The molecule has 0 radical (unpaired) electrons. The Morgan fingerprint density at radius 1 is 1.50 bits per heavy atom. The Labute approximate surface area is 99.8 Å². The van der Waals surface area contributed by atoms with Gasteiger partial charge in [-0.1, -0.05) is 13.8 Å². The van der Waals surface area contributed by atoms with E-state index in [1.54, 1.807) is 0 Å². The van der Waals surface area contributed by atoms with Crippen molar-refractivity contribution < 1.29 is 0 Å². The van der Waals surface area contributed by atoms with Gasteiger partial charge in [-0.25, -0.2) is 0 Å². The first-order valence-electron chi connectivity index (χ1n) is 6.42. The van der Waals surface area contributed by atoms with Crippen LogP contribution in [-0.2, 0) is 0 Å². The molecule has 1 N–H and O–H groups in total. The van der Waals surface area contributed by atoms with Gasteiger partial charge in [-0.15, -0.1) is 0 Å². The Morgan fingerprint density at radius 3 is 2.75 bits per heavy atom. The lowest BCUT2D eigenvalue weighted by molar-refractivity contribution is 0.0932. The minimum atomic E-state index is -0.403. The van der Waals surface area contributed by atoms with Gasteiger partial charge < -0.3 is 0 Å². The average Bonchev–Trinajstić information content (AvgIpc) is 2.25. The van der Waals surface area contributed by atoms with E-state index in [9.17, 15) is 5.26 Å². The third-order valence-corrected chi connectivity index (χ3v) is 3.84. The standard InChI is InChI=1S/C13H25N3/c1-5-15-13(4,9-14)10-16-8-6-7-11(2)12(16)3/h11-12,15H,5-8,10H2,1-4H3. The molecule has 1 aliphatic heterocycles. The van der Waals surface area contributed by atoms with E-state index in [-0.39, 0.29) is 0 Å². The molecule has 1 heterocycles. The molecule has 1 saturated heterocycles. The van der Waals surface area contributed by atoms with Crippen LogP contribution in [0.3, 0.4) is 0 Å².